The van der Waals surface area contributed by atoms with Crippen LogP contribution in [0.5, 0.6) is 0 Å². The van der Waals surface area contributed by atoms with Crippen molar-refractivity contribution < 1.29 is 9.13 Å². The largest absolute Gasteiger partial charge is 0.376 e. The van der Waals surface area contributed by atoms with E-state index in [4.69, 9.17) is 22.1 Å². The highest BCUT2D eigenvalue weighted by Crippen LogP contribution is 2.38. The first kappa shape index (κ1) is 12.7. The third-order valence-electron chi connectivity index (χ3n) is 4.09. The SMILES string of the molecule is CC1OCCC1(C)n1c(N)nc2cc(Cl)c(F)cc21. The molecular weight excluding hydrogens is 269 g/mol. The van der Waals surface area contributed by atoms with Crippen molar-refractivity contribution in [3.8, 4) is 0 Å². The molecule has 1 fully saturated rings. The molecule has 0 amide bonds. The molecule has 1 aromatic heterocycles. The predicted molar refractivity (Wildman–Crippen MR) is 72.8 cm³/mol. The van der Waals surface area contributed by atoms with Crippen molar-refractivity contribution >= 4 is 28.6 Å². The number of nitrogen functional groups attached to an aromatic ring is 1. The Bertz CT molecular complexity index is 657. The molecule has 1 aliphatic rings. The first-order chi connectivity index (χ1) is 8.93. The molecule has 1 aliphatic heterocycles. The van der Waals surface area contributed by atoms with E-state index in [0.29, 0.717) is 23.6 Å². The number of halogens is 2. The monoisotopic (exact) mass is 283 g/mol. The maximum atomic E-state index is 13.7. The zero-order chi connectivity index (χ0) is 13.8. The third kappa shape index (κ3) is 1.72. The van der Waals surface area contributed by atoms with E-state index in [0.717, 1.165) is 6.42 Å². The van der Waals surface area contributed by atoms with Crippen LogP contribution in [0.25, 0.3) is 11.0 Å². The molecule has 0 radical (unpaired) electrons. The fourth-order valence-corrected chi connectivity index (χ4v) is 2.90. The molecule has 4 nitrogen and oxygen atoms in total. The number of ether oxygens (including phenoxy) is 1. The molecule has 2 atom stereocenters. The fraction of sp³-hybridized carbons (Fsp3) is 0.462. The van der Waals surface area contributed by atoms with Gasteiger partial charge < -0.3 is 15.0 Å². The van der Waals surface area contributed by atoms with E-state index in [1.54, 1.807) is 0 Å². The summed E-state index contributed by atoms with van der Waals surface area (Å²) < 4.78 is 21.2. The zero-order valence-corrected chi connectivity index (χ0v) is 11.5. The van der Waals surface area contributed by atoms with E-state index in [1.807, 2.05) is 11.5 Å². The van der Waals surface area contributed by atoms with Crippen LogP contribution in [0, 0.1) is 5.82 Å². The summed E-state index contributed by atoms with van der Waals surface area (Å²) in [6, 6.07) is 2.89. The molecule has 1 aromatic carbocycles. The van der Waals surface area contributed by atoms with Crippen molar-refractivity contribution in [3.63, 3.8) is 0 Å². The second-order valence-electron chi connectivity index (χ2n) is 5.18. The maximum Gasteiger partial charge on any atom is 0.201 e. The van der Waals surface area contributed by atoms with Gasteiger partial charge in [-0.25, -0.2) is 9.37 Å². The van der Waals surface area contributed by atoms with Gasteiger partial charge in [0.15, 0.2) is 0 Å². The van der Waals surface area contributed by atoms with Gasteiger partial charge in [0, 0.05) is 12.7 Å². The molecule has 2 N–H and O–H groups in total. The van der Waals surface area contributed by atoms with Crippen LogP contribution in [0.4, 0.5) is 10.3 Å². The number of nitrogens with two attached hydrogens (primary N) is 1. The molecule has 2 unspecified atom stereocenters. The van der Waals surface area contributed by atoms with E-state index >= 15 is 0 Å². The zero-order valence-electron chi connectivity index (χ0n) is 10.8. The summed E-state index contributed by atoms with van der Waals surface area (Å²) >= 11 is 5.78. The average Bonchev–Trinajstić information content (AvgIpc) is 2.81. The van der Waals surface area contributed by atoms with E-state index < -0.39 is 5.82 Å². The summed E-state index contributed by atoms with van der Waals surface area (Å²) in [7, 11) is 0. The van der Waals surface area contributed by atoms with Crippen molar-refractivity contribution in [3.05, 3.63) is 23.0 Å². The summed E-state index contributed by atoms with van der Waals surface area (Å²) in [5.74, 6) is -0.109. The minimum atomic E-state index is -0.467. The van der Waals surface area contributed by atoms with Crippen molar-refractivity contribution in [2.75, 3.05) is 12.3 Å². The lowest BCUT2D eigenvalue weighted by molar-refractivity contribution is 0.0783. The van der Waals surface area contributed by atoms with Gasteiger partial charge in [0.2, 0.25) is 5.95 Å². The van der Waals surface area contributed by atoms with Crippen LogP contribution in [0.1, 0.15) is 20.3 Å². The van der Waals surface area contributed by atoms with E-state index in [2.05, 4.69) is 11.9 Å². The quantitative estimate of drug-likeness (QED) is 0.875. The number of hydrogen-bond donors (Lipinski definition) is 1. The summed E-state index contributed by atoms with van der Waals surface area (Å²) in [5.41, 5.74) is 6.94. The first-order valence-electron chi connectivity index (χ1n) is 6.18. The highest BCUT2D eigenvalue weighted by molar-refractivity contribution is 6.31. The highest BCUT2D eigenvalue weighted by atomic mass is 35.5. The Morgan fingerprint density at radius 2 is 2.32 bits per heavy atom. The van der Waals surface area contributed by atoms with Crippen LogP contribution in [-0.2, 0) is 10.3 Å². The number of benzene rings is 1. The summed E-state index contributed by atoms with van der Waals surface area (Å²) in [5, 5.41) is 0.0537. The van der Waals surface area contributed by atoms with Crippen LogP contribution in [-0.4, -0.2) is 22.3 Å². The summed E-state index contributed by atoms with van der Waals surface area (Å²) in [6.07, 6.45) is 0.805. The van der Waals surface area contributed by atoms with Gasteiger partial charge in [-0.15, -0.1) is 0 Å². The highest BCUT2D eigenvalue weighted by Gasteiger charge is 2.41. The number of fused-ring (bicyclic) bond motifs is 1. The molecule has 0 spiro atoms. The van der Waals surface area contributed by atoms with Crippen LogP contribution < -0.4 is 5.73 Å². The van der Waals surface area contributed by atoms with Crippen molar-refractivity contribution in [1.29, 1.82) is 0 Å². The van der Waals surface area contributed by atoms with Crippen LogP contribution in [0.15, 0.2) is 12.1 Å². The number of aromatic nitrogens is 2. The second kappa shape index (κ2) is 4.08. The molecule has 0 bridgehead atoms. The molecule has 102 valence electrons. The number of nitrogens with zero attached hydrogens (tertiary/aromatic N) is 2. The Hall–Kier alpha value is -1.33. The molecule has 2 heterocycles. The van der Waals surface area contributed by atoms with Crippen LogP contribution in [0.2, 0.25) is 5.02 Å². The minimum Gasteiger partial charge on any atom is -0.376 e. The first-order valence-corrected chi connectivity index (χ1v) is 6.56. The number of anilines is 1. The Labute approximate surface area is 115 Å². The summed E-state index contributed by atoms with van der Waals surface area (Å²) in [4.78, 5) is 4.27. The molecule has 3 rings (SSSR count). The second-order valence-corrected chi connectivity index (χ2v) is 5.59. The Morgan fingerprint density at radius 1 is 1.58 bits per heavy atom. The topological polar surface area (TPSA) is 53.1 Å². The van der Waals surface area contributed by atoms with Gasteiger partial charge in [-0.2, -0.15) is 0 Å². The van der Waals surface area contributed by atoms with Gasteiger partial charge in [0.05, 0.1) is 27.7 Å². The molecule has 19 heavy (non-hydrogen) atoms. The van der Waals surface area contributed by atoms with Crippen molar-refractivity contribution in [2.45, 2.75) is 31.9 Å². The van der Waals surface area contributed by atoms with E-state index in [-0.39, 0.29) is 16.7 Å². The Balaban J connectivity index is 2.29. The third-order valence-corrected chi connectivity index (χ3v) is 4.37. The van der Waals surface area contributed by atoms with Gasteiger partial charge >= 0.3 is 0 Å². The minimum absolute atomic E-state index is 0.00839. The summed E-state index contributed by atoms with van der Waals surface area (Å²) in [6.45, 7) is 4.70. The lowest BCUT2D eigenvalue weighted by Gasteiger charge is -2.31. The van der Waals surface area contributed by atoms with Crippen molar-refractivity contribution in [2.24, 2.45) is 0 Å². The molecule has 0 saturated carbocycles. The van der Waals surface area contributed by atoms with Gasteiger partial charge in [-0.3, -0.25) is 0 Å². The number of hydrogen-bond acceptors (Lipinski definition) is 3. The van der Waals surface area contributed by atoms with Crippen LogP contribution in [0.3, 0.4) is 0 Å². The predicted octanol–water partition coefficient (Wildman–Crippen LogP) is 2.94. The molecule has 1 saturated heterocycles. The van der Waals surface area contributed by atoms with Crippen LogP contribution >= 0.6 is 11.6 Å². The van der Waals surface area contributed by atoms with E-state index in [9.17, 15) is 4.39 Å². The van der Waals surface area contributed by atoms with Gasteiger partial charge in [0.1, 0.15) is 5.82 Å². The Morgan fingerprint density at radius 3 is 2.95 bits per heavy atom. The van der Waals surface area contributed by atoms with E-state index in [1.165, 1.54) is 12.1 Å². The standard InChI is InChI=1S/C13H15ClFN3O/c1-7-13(2,3-4-19-7)18-11-6-9(15)8(14)5-10(11)17-12(18)16/h5-7H,3-4H2,1-2H3,(H2,16,17). The molecular formula is C13H15ClFN3O. The smallest absolute Gasteiger partial charge is 0.201 e. The maximum absolute atomic E-state index is 13.7. The number of rotatable bonds is 1. The average molecular weight is 284 g/mol. The fourth-order valence-electron chi connectivity index (χ4n) is 2.75. The van der Waals surface area contributed by atoms with Gasteiger partial charge in [-0.05, 0) is 26.3 Å². The van der Waals surface area contributed by atoms with Crippen molar-refractivity contribution in [1.82, 2.24) is 9.55 Å². The molecule has 6 heteroatoms. The molecule has 2 aromatic rings. The Kier molecular flexibility index (Phi) is 2.73. The normalized spacial score (nSPS) is 27.3. The van der Waals surface area contributed by atoms with Gasteiger partial charge in [-0.1, -0.05) is 11.6 Å². The van der Waals surface area contributed by atoms with Gasteiger partial charge in [0.25, 0.3) is 0 Å². The number of imidazole rings is 1. The lowest BCUT2D eigenvalue weighted by atomic mass is 9.94. The molecule has 0 aliphatic carbocycles. The lowest BCUT2D eigenvalue weighted by Crippen LogP contribution is -2.37.